The first-order valence-electron chi connectivity index (χ1n) is 10.5. The summed E-state index contributed by atoms with van der Waals surface area (Å²) in [7, 11) is 1.70. The van der Waals surface area contributed by atoms with Crippen LogP contribution in [0.2, 0.25) is 0 Å². The highest BCUT2D eigenvalue weighted by molar-refractivity contribution is 6.43. The lowest BCUT2D eigenvalue weighted by Crippen LogP contribution is -2.97. The Bertz CT molecular complexity index is 1310. The lowest BCUT2D eigenvalue weighted by molar-refractivity contribution is -0.740. The van der Waals surface area contributed by atoms with Crippen molar-refractivity contribution in [1.82, 2.24) is 20.7 Å². The summed E-state index contributed by atoms with van der Waals surface area (Å²) in [5, 5.41) is 6.49. The molecule has 6 N–H and O–H groups in total. The summed E-state index contributed by atoms with van der Waals surface area (Å²) >= 11 is 0. The van der Waals surface area contributed by atoms with Crippen molar-refractivity contribution in [2.45, 2.75) is 33.2 Å². The van der Waals surface area contributed by atoms with E-state index in [-0.39, 0.29) is 11.5 Å². The summed E-state index contributed by atoms with van der Waals surface area (Å²) in [5.41, 5.74) is 10.3. The smallest absolute Gasteiger partial charge is 0.293 e. The molecule has 33 heavy (non-hydrogen) atoms. The number of nitrogens with zero attached hydrogens (tertiary/aromatic N) is 1. The van der Waals surface area contributed by atoms with E-state index in [1.165, 1.54) is 0 Å². The van der Waals surface area contributed by atoms with Gasteiger partial charge in [-0.15, -0.1) is 0 Å². The molecule has 2 amide bonds. The maximum Gasteiger partial charge on any atom is 0.293 e. The summed E-state index contributed by atoms with van der Waals surface area (Å²) in [6.45, 7) is 6.97. The molecule has 0 saturated carbocycles. The molecule has 10 nitrogen and oxygen atoms in total. The van der Waals surface area contributed by atoms with Crippen LogP contribution in [0.5, 0.6) is 0 Å². The van der Waals surface area contributed by atoms with Gasteiger partial charge in [-0.25, -0.2) is 10.9 Å². The standard InChI is InChI=1S/C23H26N6O4/c1-12-18(20(30)22(32)26-23(3,4)17-11-24-28-27-17)13(2)29(5)19(12)21(31)25-15-6-7-16-14(10-15)8-9-33-16/h6-11,24,27-28H,1-5H3,(H,25,31)(H,26,32)/p+1. The monoisotopic (exact) mass is 451 g/mol. The number of hydrogen-bond acceptors (Lipinski definition) is 6. The zero-order chi connectivity index (χ0) is 23.9. The number of nitrogens with two attached hydrogens (primary N) is 1. The van der Waals surface area contributed by atoms with E-state index in [9.17, 15) is 14.4 Å². The Morgan fingerprint density at radius 1 is 1.15 bits per heavy atom. The van der Waals surface area contributed by atoms with Gasteiger partial charge in [0, 0.05) is 23.8 Å². The molecule has 1 aromatic carbocycles. The van der Waals surface area contributed by atoms with Gasteiger partial charge in [0.1, 0.15) is 17.0 Å². The predicted molar refractivity (Wildman–Crippen MR) is 122 cm³/mol. The van der Waals surface area contributed by atoms with E-state index in [1.807, 2.05) is 12.1 Å². The lowest BCUT2D eigenvalue weighted by Gasteiger charge is -2.25. The van der Waals surface area contributed by atoms with Gasteiger partial charge in [0.25, 0.3) is 17.6 Å². The van der Waals surface area contributed by atoms with E-state index in [0.29, 0.717) is 22.6 Å². The molecule has 1 aliphatic rings. The first kappa shape index (κ1) is 22.2. The van der Waals surface area contributed by atoms with Crippen LogP contribution in [0, 0.1) is 13.8 Å². The van der Waals surface area contributed by atoms with Crippen LogP contribution < -0.4 is 27.0 Å². The van der Waals surface area contributed by atoms with Gasteiger partial charge in [-0.2, -0.15) is 5.53 Å². The van der Waals surface area contributed by atoms with Gasteiger partial charge < -0.3 is 19.6 Å². The van der Waals surface area contributed by atoms with Crippen molar-refractivity contribution in [2.75, 3.05) is 5.32 Å². The van der Waals surface area contributed by atoms with Gasteiger partial charge >= 0.3 is 0 Å². The van der Waals surface area contributed by atoms with Crippen molar-refractivity contribution in [2.24, 2.45) is 7.05 Å². The number of anilines is 1. The molecule has 4 rings (SSSR count). The zero-order valence-corrected chi connectivity index (χ0v) is 19.1. The summed E-state index contributed by atoms with van der Waals surface area (Å²) in [6, 6.07) is 7.14. The Hall–Kier alpha value is -4.05. The fourth-order valence-electron chi connectivity index (χ4n) is 4.04. The van der Waals surface area contributed by atoms with Gasteiger partial charge in [-0.3, -0.25) is 14.4 Å². The highest BCUT2D eigenvalue weighted by Gasteiger charge is 2.34. The average Bonchev–Trinajstić information content (AvgIpc) is 3.48. The van der Waals surface area contributed by atoms with E-state index >= 15 is 0 Å². The fourth-order valence-corrected chi connectivity index (χ4v) is 4.04. The summed E-state index contributed by atoms with van der Waals surface area (Å²) < 4.78 is 6.96. The number of carbonyl (C=O) groups excluding carboxylic acids is 3. The quantitative estimate of drug-likeness (QED) is 0.217. The number of ketones is 1. The third kappa shape index (κ3) is 3.96. The molecule has 0 radical (unpaired) electrons. The number of carbonyl (C=O) groups is 3. The van der Waals surface area contributed by atoms with Crippen molar-refractivity contribution < 1.29 is 24.3 Å². The van der Waals surface area contributed by atoms with Gasteiger partial charge in [0.2, 0.25) is 0 Å². The van der Waals surface area contributed by atoms with E-state index in [2.05, 4.69) is 21.5 Å². The molecule has 3 aromatic rings. The number of benzene rings is 1. The summed E-state index contributed by atoms with van der Waals surface area (Å²) in [4.78, 5) is 39.0. The third-order valence-electron chi connectivity index (χ3n) is 5.93. The molecule has 3 heterocycles. The van der Waals surface area contributed by atoms with Crippen LogP contribution in [0.3, 0.4) is 0 Å². The molecule has 2 aromatic heterocycles. The fraction of sp³-hybridized carbons (Fsp3) is 0.261. The molecular weight excluding hydrogens is 424 g/mol. The van der Waals surface area contributed by atoms with Crippen LogP contribution in [-0.4, -0.2) is 27.7 Å². The Morgan fingerprint density at radius 2 is 1.91 bits per heavy atom. The number of quaternary nitrogens is 1. The molecule has 0 atom stereocenters. The third-order valence-corrected chi connectivity index (χ3v) is 5.93. The SMILES string of the molecule is Cc1c(C(=O)C(=O)NC(C)(C)C2=CN[NH2+]N2)c(C)n(C)c1C(=O)Nc1ccc2occc2c1. The van der Waals surface area contributed by atoms with Gasteiger partial charge in [0.05, 0.1) is 23.6 Å². The van der Waals surface area contributed by atoms with Crippen LogP contribution in [0.15, 0.2) is 46.8 Å². The Labute approximate surface area is 190 Å². The van der Waals surface area contributed by atoms with E-state index < -0.39 is 17.2 Å². The molecule has 10 heteroatoms. The van der Waals surface area contributed by atoms with Gasteiger partial charge in [-0.05, 0) is 57.5 Å². The number of hydrogen-bond donors (Lipinski definition) is 5. The van der Waals surface area contributed by atoms with E-state index in [0.717, 1.165) is 16.7 Å². The Kier molecular flexibility index (Phi) is 5.46. The number of aromatic nitrogens is 1. The second kappa shape index (κ2) is 8.14. The molecule has 0 bridgehead atoms. The first-order chi connectivity index (χ1) is 15.6. The molecule has 172 valence electrons. The van der Waals surface area contributed by atoms with Crippen molar-refractivity contribution in [3.05, 3.63) is 64.9 Å². The molecule has 0 aliphatic carbocycles. The number of nitrogens with one attached hydrogen (secondary N) is 4. The highest BCUT2D eigenvalue weighted by Crippen LogP contribution is 2.25. The molecule has 1 aliphatic heterocycles. The molecule has 0 fully saturated rings. The van der Waals surface area contributed by atoms with Crippen LogP contribution in [0.1, 0.15) is 46.0 Å². The average molecular weight is 452 g/mol. The largest absolute Gasteiger partial charge is 0.464 e. The Balaban J connectivity index is 1.58. The topological polar surface area (TPSA) is 134 Å². The lowest BCUT2D eigenvalue weighted by atomic mass is 9.99. The van der Waals surface area contributed by atoms with Crippen LogP contribution >= 0.6 is 0 Å². The van der Waals surface area contributed by atoms with E-state index in [4.69, 9.17) is 4.42 Å². The number of fused-ring (bicyclic) bond motifs is 1. The number of amides is 2. The minimum atomic E-state index is -0.796. The maximum absolute atomic E-state index is 13.1. The second-order valence-corrected chi connectivity index (χ2v) is 8.54. The number of Topliss-reactive ketones (excluding diaryl/α,β-unsaturated/α-hetero) is 1. The molecule has 0 unspecified atom stereocenters. The van der Waals surface area contributed by atoms with Crippen molar-refractivity contribution >= 4 is 34.3 Å². The van der Waals surface area contributed by atoms with Gasteiger partial charge in [0.15, 0.2) is 0 Å². The van der Waals surface area contributed by atoms with Crippen LogP contribution in [0.4, 0.5) is 5.69 Å². The minimum Gasteiger partial charge on any atom is -0.464 e. The zero-order valence-electron chi connectivity index (χ0n) is 19.1. The minimum absolute atomic E-state index is 0.222. The number of rotatable bonds is 6. The van der Waals surface area contributed by atoms with Crippen molar-refractivity contribution in [1.29, 1.82) is 0 Å². The van der Waals surface area contributed by atoms with E-state index in [1.54, 1.807) is 69.4 Å². The second-order valence-electron chi connectivity index (χ2n) is 8.54. The van der Waals surface area contributed by atoms with Crippen molar-refractivity contribution in [3.63, 3.8) is 0 Å². The van der Waals surface area contributed by atoms with Gasteiger partial charge in [-0.1, -0.05) is 0 Å². The molecular formula is C23H27N6O4+. The van der Waals surface area contributed by atoms with Crippen molar-refractivity contribution in [3.8, 4) is 0 Å². The van der Waals surface area contributed by atoms with Crippen LogP contribution in [0.25, 0.3) is 11.0 Å². The predicted octanol–water partition coefficient (Wildman–Crippen LogP) is 1.15. The summed E-state index contributed by atoms with van der Waals surface area (Å²) in [5.74, 6) is -1.81. The highest BCUT2D eigenvalue weighted by atomic mass is 16.3. The molecule has 0 spiro atoms. The summed E-state index contributed by atoms with van der Waals surface area (Å²) in [6.07, 6.45) is 3.30. The normalized spacial score (nSPS) is 13.3. The maximum atomic E-state index is 13.1. The molecule has 0 saturated heterocycles. The Morgan fingerprint density at radius 3 is 2.61 bits per heavy atom. The first-order valence-corrected chi connectivity index (χ1v) is 10.5. The van der Waals surface area contributed by atoms with Crippen LogP contribution in [-0.2, 0) is 11.8 Å². The number of furan rings is 1.